The van der Waals surface area contributed by atoms with Crippen molar-refractivity contribution in [2.45, 2.75) is 52.5 Å². The summed E-state index contributed by atoms with van der Waals surface area (Å²) in [5, 5.41) is 0. The van der Waals surface area contributed by atoms with E-state index in [4.69, 9.17) is 18.9 Å². The average Bonchev–Trinajstić information content (AvgIpc) is 2.94. The van der Waals surface area contributed by atoms with Gasteiger partial charge >= 0.3 is 18.1 Å². The molecule has 0 aliphatic heterocycles. The quantitative estimate of drug-likeness (QED) is 0.172. The molecule has 3 atom stereocenters. The molecule has 2 aromatic carbocycles. The Morgan fingerprint density at radius 2 is 1.57 bits per heavy atom. The molecule has 224 valence electrons. The van der Waals surface area contributed by atoms with Gasteiger partial charge in [0.05, 0.1) is 18.6 Å². The molecule has 0 bridgehead atoms. The van der Waals surface area contributed by atoms with Gasteiger partial charge in [-0.05, 0) is 42.7 Å². The van der Waals surface area contributed by atoms with Crippen LogP contribution < -0.4 is 14.2 Å². The van der Waals surface area contributed by atoms with E-state index in [0.29, 0.717) is 5.56 Å². The van der Waals surface area contributed by atoms with Crippen LogP contribution in [-0.2, 0) is 20.5 Å². The van der Waals surface area contributed by atoms with Gasteiger partial charge in [-0.3, -0.25) is 14.4 Å². The second kappa shape index (κ2) is 14.0. The number of esters is 2. The molecule has 0 amide bonds. The summed E-state index contributed by atoms with van der Waals surface area (Å²) < 4.78 is 61.2. The molecule has 1 heterocycles. The Morgan fingerprint density at radius 3 is 2.12 bits per heavy atom. The van der Waals surface area contributed by atoms with Crippen molar-refractivity contribution in [3.63, 3.8) is 0 Å². The smallest absolute Gasteiger partial charge is 0.416 e. The zero-order valence-electron chi connectivity index (χ0n) is 23.8. The summed E-state index contributed by atoms with van der Waals surface area (Å²) in [7, 11) is 1.35. The van der Waals surface area contributed by atoms with Crippen molar-refractivity contribution in [1.82, 2.24) is 4.98 Å². The van der Waals surface area contributed by atoms with Gasteiger partial charge in [0.1, 0.15) is 11.9 Å². The zero-order chi connectivity index (χ0) is 31.0. The van der Waals surface area contributed by atoms with Gasteiger partial charge < -0.3 is 18.9 Å². The highest BCUT2D eigenvalue weighted by molar-refractivity contribution is 6.00. The van der Waals surface area contributed by atoms with Crippen LogP contribution in [0.15, 0.2) is 66.9 Å². The minimum atomic E-state index is -4.50. The van der Waals surface area contributed by atoms with Gasteiger partial charge in [-0.15, -0.1) is 0 Å². The average molecular weight is 588 g/mol. The molecular formula is C31H32F3NO7. The molecule has 8 nitrogen and oxygen atoms in total. The fraction of sp³-hybridized carbons (Fsp3) is 0.355. The van der Waals surface area contributed by atoms with Crippen LogP contribution in [0.25, 0.3) is 0 Å². The molecule has 0 aliphatic rings. The topological polar surface area (TPSA) is 101 Å². The SMILES string of the molecule is COc1ccnc(C(=O)C[C@H](C(=O)O[C@@H](C)[C@H](Oc2ccc(C(F)(F)F)cc2)c2ccccc2)C(C)C)c1OC(C)=O. The van der Waals surface area contributed by atoms with Crippen LogP contribution in [0.5, 0.6) is 17.2 Å². The summed E-state index contributed by atoms with van der Waals surface area (Å²) in [5.41, 5.74) is -0.359. The third kappa shape index (κ3) is 8.31. The minimum Gasteiger partial charge on any atom is -0.493 e. The lowest BCUT2D eigenvalue weighted by molar-refractivity contribution is -0.159. The Bertz CT molecular complexity index is 1380. The number of carbonyl (C=O) groups is 3. The van der Waals surface area contributed by atoms with E-state index in [-0.39, 0.29) is 35.3 Å². The Morgan fingerprint density at radius 1 is 0.929 bits per heavy atom. The largest absolute Gasteiger partial charge is 0.493 e. The highest BCUT2D eigenvalue weighted by atomic mass is 19.4. The molecule has 11 heteroatoms. The standard InChI is InChI=1S/C31H32F3NO7/c1-18(2)24(17-25(37)27-29(41-20(4)36)26(39-5)15-16-35-27)30(38)40-19(3)28(21-9-7-6-8-10-21)42-23-13-11-22(12-14-23)31(32,33)34/h6-16,18-19,24,28H,17H2,1-5H3/t19-,24-,28-/m0/s1. The number of ketones is 1. The molecule has 1 aromatic heterocycles. The number of methoxy groups -OCH3 is 1. The lowest BCUT2D eigenvalue weighted by Gasteiger charge is -2.28. The third-order valence-corrected chi connectivity index (χ3v) is 6.41. The van der Waals surface area contributed by atoms with Crippen molar-refractivity contribution in [3.8, 4) is 17.2 Å². The molecule has 0 unspecified atom stereocenters. The van der Waals surface area contributed by atoms with E-state index >= 15 is 0 Å². The molecule has 0 spiro atoms. The van der Waals surface area contributed by atoms with Gasteiger partial charge in [0.25, 0.3) is 0 Å². The van der Waals surface area contributed by atoms with E-state index in [1.807, 2.05) is 0 Å². The lowest BCUT2D eigenvalue weighted by atomic mass is 9.89. The summed E-state index contributed by atoms with van der Waals surface area (Å²) in [6, 6.07) is 14.4. The first-order valence-corrected chi connectivity index (χ1v) is 13.2. The summed E-state index contributed by atoms with van der Waals surface area (Å²) in [4.78, 5) is 42.4. The van der Waals surface area contributed by atoms with E-state index in [2.05, 4.69) is 4.98 Å². The number of nitrogens with zero attached hydrogens (tertiary/aromatic N) is 1. The van der Waals surface area contributed by atoms with Gasteiger partial charge in [0.2, 0.25) is 5.75 Å². The molecule has 0 fully saturated rings. The number of benzene rings is 2. The molecular weight excluding hydrogens is 555 g/mol. The summed E-state index contributed by atoms with van der Waals surface area (Å²) >= 11 is 0. The van der Waals surface area contributed by atoms with E-state index < -0.39 is 47.6 Å². The first-order chi connectivity index (χ1) is 19.8. The van der Waals surface area contributed by atoms with E-state index in [0.717, 1.165) is 12.1 Å². The van der Waals surface area contributed by atoms with Crippen LogP contribution in [-0.4, -0.2) is 35.9 Å². The number of hydrogen-bond donors (Lipinski definition) is 0. The number of rotatable bonds is 12. The van der Waals surface area contributed by atoms with Crippen LogP contribution in [0.4, 0.5) is 13.2 Å². The molecule has 3 aromatic rings. The molecule has 0 saturated heterocycles. The van der Waals surface area contributed by atoms with Crippen molar-refractivity contribution in [2.75, 3.05) is 7.11 Å². The number of aromatic nitrogens is 1. The van der Waals surface area contributed by atoms with Gasteiger partial charge in [0.15, 0.2) is 23.3 Å². The fourth-order valence-corrected chi connectivity index (χ4v) is 4.20. The summed E-state index contributed by atoms with van der Waals surface area (Å²) in [5.74, 6) is -3.01. The Hall–Kier alpha value is -4.41. The van der Waals surface area contributed by atoms with Crippen LogP contribution in [0.1, 0.15) is 61.8 Å². The van der Waals surface area contributed by atoms with E-state index in [1.54, 1.807) is 51.1 Å². The van der Waals surface area contributed by atoms with E-state index in [1.165, 1.54) is 38.4 Å². The maximum Gasteiger partial charge on any atom is 0.416 e. The number of ether oxygens (including phenoxy) is 4. The second-order valence-corrected chi connectivity index (χ2v) is 9.88. The molecule has 42 heavy (non-hydrogen) atoms. The second-order valence-electron chi connectivity index (χ2n) is 9.88. The van der Waals surface area contributed by atoms with Crippen molar-refractivity contribution >= 4 is 17.7 Å². The molecule has 0 N–H and O–H groups in total. The van der Waals surface area contributed by atoms with E-state index in [9.17, 15) is 27.6 Å². The van der Waals surface area contributed by atoms with Crippen molar-refractivity contribution in [3.05, 3.63) is 83.7 Å². The van der Waals surface area contributed by atoms with Gasteiger partial charge in [-0.25, -0.2) is 4.98 Å². The summed E-state index contributed by atoms with van der Waals surface area (Å²) in [6.07, 6.45) is -5.24. The van der Waals surface area contributed by atoms with Gasteiger partial charge in [-0.2, -0.15) is 13.2 Å². The predicted molar refractivity (Wildman–Crippen MR) is 146 cm³/mol. The number of hydrogen-bond acceptors (Lipinski definition) is 8. The van der Waals surface area contributed by atoms with Crippen LogP contribution in [0.2, 0.25) is 0 Å². The molecule has 0 saturated carbocycles. The highest BCUT2D eigenvalue weighted by Crippen LogP contribution is 2.34. The zero-order valence-corrected chi connectivity index (χ0v) is 23.8. The third-order valence-electron chi connectivity index (χ3n) is 6.41. The first-order valence-electron chi connectivity index (χ1n) is 13.2. The molecule has 3 rings (SSSR count). The fourth-order valence-electron chi connectivity index (χ4n) is 4.20. The Kier molecular flexibility index (Phi) is 10.7. The predicted octanol–water partition coefficient (Wildman–Crippen LogP) is 6.63. The Balaban J connectivity index is 1.82. The van der Waals surface area contributed by atoms with Crippen molar-refractivity contribution in [2.24, 2.45) is 11.8 Å². The monoisotopic (exact) mass is 587 g/mol. The Labute approximate surface area is 241 Å². The normalized spacial score (nSPS) is 13.5. The van der Waals surface area contributed by atoms with Crippen molar-refractivity contribution in [1.29, 1.82) is 0 Å². The minimum absolute atomic E-state index is 0.131. The van der Waals surface area contributed by atoms with Crippen LogP contribution in [0, 0.1) is 11.8 Å². The maximum absolute atomic E-state index is 13.4. The number of halogens is 3. The first kappa shape index (κ1) is 32.1. The van der Waals surface area contributed by atoms with Crippen LogP contribution >= 0.6 is 0 Å². The highest BCUT2D eigenvalue weighted by Gasteiger charge is 2.34. The van der Waals surface area contributed by atoms with Gasteiger partial charge in [0, 0.05) is 25.6 Å². The molecule has 0 radical (unpaired) electrons. The maximum atomic E-state index is 13.4. The van der Waals surface area contributed by atoms with Crippen LogP contribution in [0.3, 0.4) is 0 Å². The number of carbonyl (C=O) groups excluding carboxylic acids is 3. The lowest BCUT2D eigenvalue weighted by Crippen LogP contribution is -2.32. The number of Topliss-reactive ketones (excluding diaryl/α,β-unsaturated/α-hetero) is 1. The van der Waals surface area contributed by atoms with Crippen molar-refractivity contribution < 1.29 is 46.5 Å². The molecule has 0 aliphatic carbocycles. The van der Waals surface area contributed by atoms with Gasteiger partial charge in [-0.1, -0.05) is 44.2 Å². The number of pyridine rings is 1. The summed E-state index contributed by atoms with van der Waals surface area (Å²) in [6.45, 7) is 6.28. The number of alkyl halides is 3.